The molecule has 4 aromatic carbocycles. The number of methoxy groups -OCH3 is 1. The fraction of sp³-hybridized carbons (Fsp3) is 0.235. The van der Waals surface area contributed by atoms with E-state index in [1.807, 2.05) is 54.6 Å². The molecule has 0 atom stereocenters. The zero-order chi connectivity index (χ0) is 31.0. The molecule has 1 fully saturated rings. The average molecular weight is 640 g/mol. The van der Waals surface area contributed by atoms with E-state index in [9.17, 15) is 18.0 Å². The van der Waals surface area contributed by atoms with Crippen molar-refractivity contribution >= 4 is 40.2 Å². The largest absolute Gasteiger partial charge is 0.492 e. The molecule has 5 nitrogen and oxygen atoms in total. The van der Waals surface area contributed by atoms with Crippen molar-refractivity contribution < 1.29 is 27.4 Å². The van der Waals surface area contributed by atoms with E-state index in [1.54, 1.807) is 0 Å². The summed E-state index contributed by atoms with van der Waals surface area (Å²) in [5, 5.41) is 1.29. The van der Waals surface area contributed by atoms with Gasteiger partial charge in [-0.3, -0.25) is 0 Å². The number of ether oxygens (including phenoxy) is 2. The maximum Gasteiger partial charge on any atom is 0.416 e. The van der Waals surface area contributed by atoms with Crippen LogP contribution in [0.5, 0.6) is 5.75 Å². The van der Waals surface area contributed by atoms with E-state index in [0.717, 1.165) is 65.6 Å². The maximum absolute atomic E-state index is 13.5. The second-order valence-corrected chi connectivity index (χ2v) is 11.6. The molecule has 1 heterocycles. The first-order valence-corrected chi connectivity index (χ1v) is 14.8. The van der Waals surface area contributed by atoms with Crippen LogP contribution < -0.4 is 4.74 Å². The molecule has 226 valence electrons. The van der Waals surface area contributed by atoms with Crippen molar-refractivity contribution in [3.05, 3.63) is 129 Å². The third-order valence-corrected chi connectivity index (χ3v) is 8.23. The van der Waals surface area contributed by atoms with E-state index in [-0.39, 0.29) is 23.8 Å². The number of carbonyl (C=O) groups is 1. The van der Waals surface area contributed by atoms with Crippen molar-refractivity contribution in [3.63, 3.8) is 0 Å². The highest BCUT2D eigenvalue weighted by atomic mass is 35.5. The van der Waals surface area contributed by atoms with Gasteiger partial charge in [0.25, 0.3) is 0 Å². The Balaban J connectivity index is 1.35. The number of hydrogen-bond donors (Lipinski definition) is 0. The number of imidazole rings is 1. The lowest BCUT2D eigenvalue weighted by Gasteiger charge is -2.20. The Kier molecular flexibility index (Phi) is 8.31. The smallest absolute Gasteiger partial charge is 0.416 e. The lowest BCUT2D eigenvalue weighted by atomic mass is 9.85. The van der Waals surface area contributed by atoms with Crippen LogP contribution >= 0.6 is 23.2 Å². The lowest BCUT2D eigenvalue weighted by molar-refractivity contribution is -0.137. The van der Waals surface area contributed by atoms with Gasteiger partial charge in [0.2, 0.25) is 0 Å². The van der Waals surface area contributed by atoms with Crippen molar-refractivity contribution in [2.45, 2.75) is 37.4 Å². The third kappa shape index (κ3) is 6.42. The molecule has 44 heavy (non-hydrogen) atoms. The number of fused-ring (bicyclic) bond motifs is 1. The number of aromatic nitrogens is 2. The summed E-state index contributed by atoms with van der Waals surface area (Å²) in [7, 11) is 1.12. The van der Waals surface area contributed by atoms with Gasteiger partial charge >= 0.3 is 12.1 Å². The van der Waals surface area contributed by atoms with Crippen molar-refractivity contribution in [2.24, 2.45) is 0 Å². The molecule has 0 spiro atoms. The van der Waals surface area contributed by atoms with Gasteiger partial charge in [-0.1, -0.05) is 53.5 Å². The molecule has 6 rings (SSSR count). The van der Waals surface area contributed by atoms with E-state index in [1.165, 1.54) is 6.07 Å². The molecule has 0 aliphatic heterocycles. The molecule has 1 aromatic heterocycles. The first-order chi connectivity index (χ1) is 21.1. The molecule has 1 aliphatic carbocycles. The monoisotopic (exact) mass is 638 g/mol. The predicted molar refractivity (Wildman–Crippen MR) is 164 cm³/mol. The highest BCUT2D eigenvalue weighted by Crippen LogP contribution is 2.42. The summed E-state index contributed by atoms with van der Waals surface area (Å²) in [4.78, 5) is 17.0. The third-order valence-electron chi connectivity index (χ3n) is 7.72. The number of alkyl halides is 3. The molecule has 0 radical (unpaired) electrons. The van der Waals surface area contributed by atoms with Gasteiger partial charge in [-0.2, -0.15) is 13.2 Å². The SMILES string of the molecule is COC(=O)c1cc(OCCn2c(C3CC3)nc3ccc(C(c4ccc(Cl)cc4)c4ccc(Cl)cc4)cc32)cc(C(F)(F)F)c1. The summed E-state index contributed by atoms with van der Waals surface area (Å²) in [6.45, 7) is 0.414. The van der Waals surface area contributed by atoms with Crippen molar-refractivity contribution in [3.8, 4) is 5.75 Å². The summed E-state index contributed by atoms with van der Waals surface area (Å²) in [5.41, 5.74) is 3.66. The Labute approximate surface area is 262 Å². The first-order valence-electron chi connectivity index (χ1n) is 14.0. The van der Waals surface area contributed by atoms with E-state index in [0.29, 0.717) is 22.5 Å². The van der Waals surface area contributed by atoms with Gasteiger partial charge in [-0.15, -0.1) is 0 Å². The molecule has 1 saturated carbocycles. The number of benzene rings is 4. The number of esters is 1. The molecule has 1 aliphatic rings. The van der Waals surface area contributed by atoms with Crippen LogP contribution in [0.3, 0.4) is 0 Å². The summed E-state index contributed by atoms with van der Waals surface area (Å²) in [5.74, 6) is 0.188. The molecule has 0 amide bonds. The molecule has 5 aromatic rings. The Bertz CT molecular complexity index is 1770. The number of rotatable bonds is 9. The van der Waals surface area contributed by atoms with Crippen molar-refractivity contribution in [2.75, 3.05) is 13.7 Å². The van der Waals surface area contributed by atoms with E-state index < -0.39 is 17.7 Å². The van der Waals surface area contributed by atoms with E-state index in [2.05, 4.69) is 21.4 Å². The maximum atomic E-state index is 13.5. The minimum absolute atomic E-state index is 0.0646. The summed E-state index contributed by atoms with van der Waals surface area (Å²) < 4.78 is 53.2. The number of halogens is 5. The van der Waals surface area contributed by atoms with Crippen LogP contribution in [-0.4, -0.2) is 29.2 Å². The fourth-order valence-corrected chi connectivity index (χ4v) is 5.70. The number of hydrogen-bond acceptors (Lipinski definition) is 4. The van der Waals surface area contributed by atoms with E-state index >= 15 is 0 Å². The van der Waals surface area contributed by atoms with Crippen LogP contribution in [0.15, 0.2) is 84.9 Å². The van der Waals surface area contributed by atoms with Gasteiger partial charge in [0.05, 0.1) is 35.8 Å². The zero-order valence-electron chi connectivity index (χ0n) is 23.6. The molecule has 0 saturated heterocycles. The molecule has 10 heteroatoms. The number of carbonyl (C=O) groups excluding carboxylic acids is 1. The van der Waals surface area contributed by atoms with Crippen molar-refractivity contribution in [1.82, 2.24) is 9.55 Å². The highest BCUT2D eigenvalue weighted by Gasteiger charge is 2.33. The van der Waals surface area contributed by atoms with Crippen LogP contribution in [-0.2, 0) is 17.5 Å². The fourth-order valence-electron chi connectivity index (χ4n) is 5.45. The van der Waals surface area contributed by atoms with Gasteiger partial charge < -0.3 is 14.0 Å². The van der Waals surface area contributed by atoms with Crippen LogP contribution in [0.4, 0.5) is 13.2 Å². The summed E-state index contributed by atoms with van der Waals surface area (Å²) in [6.07, 6.45) is -2.61. The lowest BCUT2D eigenvalue weighted by Crippen LogP contribution is -2.13. The number of nitrogens with zero attached hydrogens (tertiary/aromatic N) is 2. The topological polar surface area (TPSA) is 53.4 Å². The highest BCUT2D eigenvalue weighted by molar-refractivity contribution is 6.30. The second kappa shape index (κ2) is 12.2. The quantitative estimate of drug-likeness (QED) is 0.119. The summed E-state index contributed by atoms with van der Waals surface area (Å²) in [6, 6.07) is 24.6. The molecular weight excluding hydrogens is 612 g/mol. The van der Waals surface area contributed by atoms with Crippen LogP contribution in [0, 0.1) is 0 Å². The Hall–Kier alpha value is -4.01. The van der Waals surface area contributed by atoms with Crippen LogP contribution in [0.2, 0.25) is 10.0 Å². The Morgan fingerprint density at radius 3 is 2.09 bits per heavy atom. The Morgan fingerprint density at radius 2 is 1.52 bits per heavy atom. The first kappa shape index (κ1) is 30.0. The van der Waals surface area contributed by atoms with Gasteiger partial charge in [0.15, 0.2) is 0 Å². The molecule has 0 bridgehead atoms. The normalized spacial score (nSPS) is 13.4. The molecule has 0 N–H and O–H groups in total. The molecule has 0 unspecified atom stereocenters. The van der Waals surface area contributed by atoms with Gasteiger partial charge in [0, 0.05) is 21.9 Å². The van der Waals surface area contributed by atoms with Crippen LogP contribution in [0.25, 0.3) is 11.0 Å². The average Bonchev–Trinajstić information content (AvgIpc) is 3.80. The standard InChI is InChI=1S/C34H27Cl2F3N2O3/c1-43-33(42)24-16-25(34(37,38)39)19-28(17-24)44-15-14-41-30-18-23(8-13-29(30)40-32(41)22-2-3-22)31(20-4-9-26(35)10-5-20)21-6-11-27(36)12-7-21/h4-13,16-19,22,31H,2-3,14-15H2,1H3. The summed E-state index contributed by atoms with van der Waals surface area (Å²) >= 11 is 12.4. The second-order valence-electron chi connectivity index (χ2n) is 10.8. The zero-order valence-corrected chi connectivity index (χ0v) is 25.1. The van der Waals surface area contributed by atoms with Gasteiger partial charge in [-0.05, 0) is 84.1 Å². The van der Waals surface area contributed by atoms with Gasteiger partial charge in [-0.25, -0.2) is 9.78 Å². The predicted octanol–water partition coefficient (Wildman–Crippen LogP) is 9.29. The van der Waals surface area contributed by atoms with Gasteiger partial charge in [0.1, 0.15) is 18.2 Å². The molecular formula is C34H27Cl2F3N2O3. The van der Waals surface area contributed by atoms with E-state index in [4.69, 9.17) is 32.9 Å². The minimum atomic E-state index is -4.65. The van der Waals surface area contributed by atoms with Crippen molar-refractivity contribution in [1.29, 1.82) is 0 Å². The van der Waals surface area contributed by atoms with Crippen LogP contribution in [0.1, 0.15) is 63.1 Å². The minimum Gasteiger partial charge on any atom is -0.492 e. The Morgan fingerprint density at radius 1 is 0.909 bits per heavy atom.